The Kier molecular flexibility index (Phi) is 28.2. The summed E-state index contributed by atoms with van der Waals surface area (Å²) < 4.78 is 63.1. The lowest BCUT2D eigenvalue weighted by Gasteiger charge is -2.34. The molecule has 0 saturated carbocycles. The summed E-state index contributed by atoms with van der Waals surface area (Å²) in [5, 5.41) is 41.5. The lowest BCUT2D eigenvalue weighted by molar-refractivity contribution is -0.167. The Morgan fingerprint density at radius 3 is 1.13 bits per heavy atom. The number of ether oxygens (including phenoxy) is 11. The van der Waals surface area contributed by atoms with Crippen LogP contribution in [-0.2, 0) is 77.5 Å². The van der Waals surface area contributed by atoms with Crippen LogP contribution in [0.15, 0.2) is 281 Å². The van der Waals surface area contributed by atoms with Crippen LogP contribution in [0.4, 0.5) is 0 Å². The molecule has 652 valence electrons. The number of carbonyl (C=O) groups is 12. The molecule has 3 aliphatic rings. The van der Waals surface area contributed by atoms with Gasteiger partial charge in [-0.15, -0.1) is 0 Å². The number of hydrogen-bond donors (Lipinski definition) is 4. The van der Waals surface area contributed by atoms with E-state index in [0.717, 1.165) is 121 Å². The third-order valence-electron chi connectivity index (χ3n) is 22.2. The monoisotopic (exact) mass is 1730 g/mol. The van der Waals surface area contributed by atoms with Gasteiger partial charge < -0.3 is 72.5 Å². The summed E-state index contributed by atoms with van der Waals surface area (Å²) in [5.74, 6) is -12.7. The number of aliphatic hydroxyl groups excluding tert-OH is 1. The number of aromatic carboxylic acids is 2. The van der Waals surface area contributed by atoms with Gasteiger partial charge in [-0.2, -0.15) is 0 Å². The lowest BCUT2D eigenvalue weighted by atomic mass is 9.68. The minimum absolute atomic E-state index is 0.110. The van der Waals surface area contributed by atoms with Gasteiger partial charge in [0.2, 0.25) is 6.29 Å². The number of benzene rings is 10. The van der Waals surface area contributed by atoms with Crippen molar-refractivity contribution >= 4 is 71.6 Å². The fraction of sp³-hybridized carbons (Fsp3) is 0.208. The van der Waals surface area contributed by atoms with Crippen LogP contribution in [-0.4, -0.2) is 175 Å². The van der Waals surface area contributed by atoms with Gasteiger partial charge >= 0.3 is 53.7 Å². The molecule has 0 saturated heterocycles. The molecule has 0 bridgehead atoms. The molecule has 0 spiro atoms. The van der Waals surface area contributed by atoms with E-state index in [4.69, 9.17) is 52.1 Å². The molecule has 0 amide bonds. The van der Waals surface area contributed by atoms with Gasteiger partial charge in [-0.1, -0.05) is 190 Å². The summed E-state index contributed by atoms with van der Waals surface area (Å²) >= 11 is 0. The van der Waals surface area contributed by atoms with Crippen LogP contribution < -0.4 is 18.9 Å². The van der Waals surface area contributed by atoms with Crippen LogP contribution in [0.2, 0.25) is 0 Å². The van der Waals surface area contributed by atoms with Crippen molar-refractivity contribution in [3.8, 4) is 45.3 Å². The number of carboxylic acids is 3. The Balaban J connectivity index is 0.688. The number of rotatable bonds is 41. The number of aldehydes is 1. The molecule has 27 heteroatoms. The van der Waals surface area contributed by atoms with Gasteiger partial charge in [0, 0.05) is 34.9 Å². The van der Waals surface area contributed by atoms with Crippen LogP contribution in [0.1, 0.15) is 129 Å². The molecule has 6 atom stereocenters. The number of carbonyl (C=O) groups excluding carboxylic acids is 9. The molecule has 10 aromatic carbocycles. The number of aliphatic carboxylic acids is 1. The van der Waals surface area contributed by atoms with E-state index in [2.05, 4.69) is 19.7 Å². The quantitative estimate of drug-likeness (QED) is 0.00526. The predicted molar refractivity (Wildman–Crippen MR) is 462 cm³/mol. The van der Waals surface area contributed by atoms with Gasteiger partial charge in [-0.25, -0.2) is 33.6 Å². The maximum Gasteiger partial charge on any atom is 0.371 e. The van der Waals surface area contributed by atoms with Gasteiger partial charge in [0.25, 0.3) is 0 Å². The smallest absolute Gasteiger partial charge is 0.371 e. The van der Waals surface area contributed by atoms with Crippen LogP contribution in [0.3, 0.4) is 0 Å². The van der Waals surface area contributed by atoms with E-state index < -0.39 is 167 Å². The van der Waals surface area contributed by atoms with Gasteiger partial charge in [0.1, 0.15) is 93.7 Å². The highest BCUT2D eigenvalue weighted by Crippen LogP contribution is 2.58. The minimum Gasteiger partial charge on any atom is -0.491 e. The van der Waals surface area contributed by atoms with Crippen molar-refractivity contribution in [3.05, 3.63) is 359 Å². The topological polar surface area (TPSA) is 387 Å². The molecule has 0 heterocycles. The van der Waals surface area contributed by atoms with Gasteiger partial charge in [0.15, 0.2) is 23.8 Å². The van der Waals surface area contributed by atoms with Crippen molar-refractivity contribution in [1.29, 1.82) is 0 Å². The van der Waals surface area contributed by atoms with E-state index in [1.165, 1.54) is 13.8 Å². The molecule has 0 aliphatic heterocycles. The second-order valence-corrected chi connectivity index (χ2v) is 30.5. The van der Waals surface area contributed by atoms with Gasteiger partial charge in [-0.05, 0) is 166 Å². The first kappa shape index (κ1) is 90.3. The van der Waals surface area contributed by atoms with Crippen LogP contribution in [0, 0.1) is 11.8 Å². The van der Waals surface area contributed by atoms with E-state index in [0.29, 0.717) is 17.2 Å². The number of Topliss-reactive ketones (excluding diaryl/α,β-unsaturated/α-hetero) is 1. The fourth-order valence-electron chi connectivity index (χ4n) is 16.2. The maximum absolute atomic E-state index is 14.8. The highest BCUT2D eigenvalue weighted by molar-refractivity contribution is 6.20. The largest absolute Gasteiger partial charge is 0.491 e. The lowest BCUT2D eigenvalue weighted by Crippen LogP contribution is -2.43. The van der Waals surface area contributed by atoms with Crippen LogP contribution in [0.5, 0.6) is 23.0 Å². The van der Waals surface area contributed by atoms with Crippen molar-refractivity contribution in [3.63, 3.8) is 0 Å². The molecule has 0 aromatic heterocycles. The number of ketones is 2. The van der Waals surface area contributed by atoms with E-state index in [1.807, 2.05) is 146 Å². The minimum atomic E-state index is -1.93. The summed E-state index contributed by atoms with van der Waals surface area (Å²) in [5.41, 5.74) is 4.09. The Morgan fingerprint density at radius 1 is 0.398 bits per heavy atom. The molecule has 4 N–H and O–H groups in total. The summed E-state index contributed by atoms with van der Waals surface area (Å²) in [6.45, 7) is 9.72. The van der Waals surface area contributed by atoms with Crippen molar-refractivity contribution in [2.24, 2.45) is 11.8 Å². The maximum atomic E-state index is 14.8. The highest BCUT2D eigenvalue weighted by Gasteiger charge is 2.49. The summed E-state index contributed by atoms with van der Waals surface area (Å²) in [7, 11) is 0. The fourth-order valence-corrected chi connectivity index (χ4v) is 16.2. The second kappa shape index (κ2) is 40.0. The zero-order valence-corrected chi connectivity index (χ0v) is 69.2. The Hall–Kier alpha value is -15.5. The molecule has 0 radical (unpaired) electrons. The first-order chi connectivity index (χ1) is 61.7. The zero-order chi connectivity index (χ0) is 91.0. The molecule has 10 aromatic rings. The van der Waals surface area contributed by atoms with Crippen LogP contribution >= 0.6 is 0 Å². The Morgan fingerprint density at radius 2 is 0.742 bits per heavy atom. The van der Waals surface area contributed by atoms with Gasteiger partial charge in [-0.3, -0.25) is 24.0 Å². The molecule has 0 fully saturated rings. The Labute approximate surface area is 733 Å². The van der Waals surface area contributed by atoms with E-state index in [9.17, 15) is 78.0 Å². The van der Waals surface area contributed by atoms with E-state index in [1.54, 1.807) is 60.7 Å². The van der Waals surface area contributed by atoms with Crippen molar-refractivity contribution in [2.75, 3.05) is 52.9 Å². The number of hydrogen-bond acceptors (Lipinski definition) is 24. The number of allylic oxidation sites excluding steroid dienone is 2. The predicted octanol–water partition coefficient (Wildman–Crippen LogP) is 13.7. The summed E-state index contributed by atoms with van der Waals surface area (Å²) in [6, 6.07) is 66.8. The van der Waals surface area contributed by atoms with Crippen molar-refractivity contribution in [1.82, 2.24) is 0 Å². The normalized spacial score (nSPS) is 15.0. The number of esters is 6. The van der Waals surface area contributed by atoms with E-state index in [-0.39, 0.29) is 62.4 Å². The SMILES string of the molecule is C=CC(=O)OCC(O)COc1ccc(C2(c3ccc(OCC(COC(=O)C=O)OC(=O)c4ccc(C(=O)c5ccc(C(=O)C(C)(C)OC(COC(=O)C=C)COc6ccc(C7(c8ccc(OCC(COC(=O)C=C)OC(=O)C9CC=CCC9C(=O)O)cc8)c8ccccc8-c8ccccc87)cc6)c(C(=O)O)c5)cc4C(=O)O)cc3)c3ccccc3-c3ccccc32)cc1. The van der Waals surface area contributed by atoms with Crippen LogP contribution in [0.25, 0.3) is 22.3 Å². The summed E-state index contributed by atoms with van der Waals surface area (Å²) in [6.07, 6.45) is 1.50. The van der Waals surface area contributed by atoms with E-state index >= 15 is 0 Å². The Bertz CT molecular complexity index is 5890. The average molecular weight is 1730 g/mol. The molecule has 13 rings (SSSR count). The third-order valence-corrected chi connectivity index (χ3v) is 22.2. The summed E-state index contributed by atoms with van der Waals surface area (Å²) in [4.78, 5) is 155. The molecule has 27 nitrogen and oxygen atoms in total. The molecular formula is C101H86O27. The molecule has 6 unspecified atom stereocenters. The standard InChI is InChI=1S/C101H86O27/c1-6-88(104)122-53-66(103)52-118-67-39-31-62(32-40-67)100(84-25-15-11-19-74(84)75-20-12-16-26-85(75)100)63-35-43-69(44-36-63)120-55-72(57-125-91(107)51-102)127-98(117)81-48-30-61(50-83(81)96(114)115)92(108)60-29-47-78(82(49-60)95(112)113)93(109)99(4,5)128-73(59-124-90(106)8-3)58-121-70-45-37-65(38-46-70)101(86-27-17-13-21-76(86)77-22-14-18-28-87(77)101)64-33-41-68(42-34-64)119-54-71(56-123-89(105)7-2)126-97(116)80-24-10-9-23-79(80)94(110)111/h6-22,25-51,66,71-73,79-80,103H,1-3,23-24,52-59H2,4-5H3,(H,110,111)(H,112,113)(H,114,115). The van der Waals surface area contributed by atoms with Crippen molar-refractivity contribution < 1.29 is 130 Å². The highest BCUT2D eigenvalue weighted by atomic mass is 16.6. The average Bonchev–Trinajstić information content (AvgIpc) is 1.54. The zero-order valence-electron chi connectivity index (χ0n) is 69.2. The second-order valence-electron chi connectivity index (χ2n) is 30.5. The third kappa shape index (κ3) is 19.5. The number of aliphatic hydroxyl groups is 1. The molecular weight excluding hydrogens is 1650 g/mol. The van der Waals surface area contributed by atoms with Crippen molar-refractivity contribution in [2.45, 2.75) is 67.5 Å². The first-order valence-corrected chi connectivity index (χ1v) is 40.5. The van der Waals surface area contributed by atoms with Gasteiger partial charge in [0.05, 0.1) is 39.4 Å². The molecule has 128 heavy (non-hydrogen) atoms. The number of fused-ring (bicyclic) bond motifs is 6. The number of carboxylic acid groups (broad SMARTS) is 3. The first-order valence-electron chi connectivity index (χ1n) is 40.5. The molecule has 3 aliphatic carbocycles.